The Balaban J connectivity index is 1.70. The molecule has 0 aromatic heterocycles. The van der Waals surface area contributed by atoms with Crippen molar-refractivity contribution in [2.75, 3.05) is 20.1 Å². The van der Waals surface area contributed by atoms with Crippen molar-refractivity contribution in [3.05, 3.63) is 35.4 Å². The van der Waals surface area contributed by atoms with E-state index in [1.54, 1.807) is 5.56 Å². The Bertz CT molecular complexity index is 491. The highest BCUT2D eigenvalue weighted by Crippen LogP contribution is 2.43. The molecule has 2 fully saturated rings. The van der Waals surface area contributed by atoms with E-state index >= 15 is 0 Å². The van der Waals surface area contributed by atoms with Crippen LogP contribution in [-0.2, 0) is 0 Å². The minimum atomic E-state index is 0.515. The average Bonchev–Trinajstić information content (AvgIpc) is 2.87. The minimum Gasteiger partial charge on any atom is -0.330 e. The third kappa shape index (κ3) is 3.38. The highest BCUT2D eigenvalue weighted by Gasteiger charge is 2.31. The van der Waals surface area contributed by atoms with Crippen molar-refractivity contribution in [1.82, 2.24) is 4.90 Å². The SMILES string of the molecule is CN1CC(CN)CC1c1ccc(C2CCCC(C)(C)C2)cc1. The van der Waals surface area contributed by atoms with E-state index in [0.717, 1.165) is 19.0 Å². The summed E-state index contributed by atoms with van der Waals surface area (Å²) in [6.45, 7) is 6.80. The van der Waals surface area contributed by atoms with Gasteiger partial charge in [-0.05, 0) is 67.7 Å². The van der Waals surface area contributed by atoms with Crippen molar-refractivity contribution in [3.8, 4) is 0 Å². The van der Waals surface area contributed by atoms with Crippen LogP contribution in [0.1, 0.15) is 69.0 Å². The van der Waals surface area contributed by atoms with Crippen molar-refractivity contribution >= 4 is 0 Å². The number of likely N-dealkylation sites (tertiary alicyclic amines) is 1. The van der Waals surface area contributed by atoms with Crippen molar-refractivity contribution in [2.24, 2.45) is 17.1 Å². The predicted octanol–water partition coefficient (Wildman–Crippen LogP) is 4.32. The van der Waals surface area contributed by atoms with Gasteiger partial charge in [0.15, 0.2) is 0 Å². The molecule has 2 nitrogen and oxygen atoms in total. The lowest BCUT2D eigenvalue weighted by Crippen LogP contribution is -2.21. The van der Waals surface area contributed by atoms with E-state index in [9.17, 15) is 0 Å². The molecule has 0 spiro atoms. The highest BCUT2D eigenvalue weighted by molar-refractivity contribution is 5.28. The van der Waals surface area contributed by atoms with Crippen molar-refractivity contribution in [2.45, 2.75) is 57.9 Å². The Morgan fingerprint density at radius 2 is 1.86 bits per heavy atom. The molecule has 2 N–H and O–H groups in total. The maximum atomic E-state index is 5.86. The normalized spacial score (nSPS) is 32.3. The van der Waals surface area contributed by atoms with Gasteiger partial charge in [0.25, 0.3) is 0 Å². The summed E-state index contributed by atoms with van der Waals surface area (Å²) in [4.78, 5) is 2.47. The van der Waals surface area contributed by atoms with Crippen LogP contribution in [0.25, 0.3) is 0 Å². The maximum Gasteiger partial charge on any atom is 0.0348 e. The molecule has 122 valence electrons. The first kappa shape index (κ1) is 16.0. The zero-order valence-electron chi connectivity index (χ0n) is 14.5. The van der Waals surface area contributed by atoms with Gasteiger partial charge >= 0.3 is 0 Å². The van der Waals surface area contributed by atoms with Crippen LogP contribution in [0.3, 0.4) is 0 Å². The van der Waals surface area contributed by atoms with Gasteiger partial charge in [0.05, 0.1) is 0 Å². The zero-order valence-corrected chi connectivity index (χ0v) is 14.5. The van der Waals surface area contributed by atoms with E-state index in [1.807, 2.05) is 0 Å². The average molecular weight is 300 g/mol. The minimum absolute atomic E-state index is 0.515. The first-order valence-electron chi connectivity index (χ1n) is 8.99. The molecule has 0 bridgehead atoms. The molecule has 22 heavy (non-hydrogen) atoms. The second-order valence-corrected chi connectivity index (χ2v) is 8.42. The van der Waals surface area contributed by atoms with Crippen molar-refractivity contribution < 1.29 is 0 Å². The Hall–Kier alpha value is -0.860. The summed E-state index contributed by atoms with van der Waals surface area (Å²) in [5, 5.41) is 0. The van der Waals surface area contributed by atoms with Crippen molar-refractivity contribution in [1.29, 1.82) is 0 Å². The van der Waals surface area contributed by atoms with Crippen LogP contribution < -0.4 is 5.73 Å². The molecule has 0 amide bonds. The number of nitrogens with zero attached hydrogens (tertiary/aromatic N) is 1. The second-order valence-electron chi connectivity index (χ2n) is 8.42. The lowest BCUT2D eigenvalue weighted by Gasteiger charge is -2.35. The fourth-order valence-corrected chi connectivity index (χ4v) is 4.64. The molecule has 3 unspecified atom stereocenters. The molecule has 0 radical (unpaired) electrons. The number of rotatable bonds is 3. The number of hydrogen-bond donors (Lipinski definition) is 1. The van der Waals surface area contributed by atoms with Gasteiger partial charge in [0, 0.05) is 12.6 Å². The summed E-state index contributed by atoms with van der Waals surface area (Å²) < 4.78 is 0. The Kier molecular flexibility index (Phi) is 4.61. The monoisotopic (exact) mass is 300 g/mol. The quantitative estimate of drug-likeness (QED) is 0.900. The van der Waals surface area contributed by atoms with Gasteiger partial charge in [0.2, 0.25) is 0 Å². The first-order valence-corrected chi connectivity index (χ1v) is 8.99. The first-order chi connectivity index (χ1) is 10.5. The summed E-state index contributed by atoms with van der Waals surface area (Å²) in [5.41, 5.74) is 9.39. The third-order valence-corrected chi connectivity index (χ3v) is 5.97. The van der Waals surface area contributed by atoms with E-state index in [0.29, 0.717) is 17.4 Å². The van der Waals surface area contributed by atoms with Crippen LogP contribution in [0.5, 0.6) is 0 Å². The van der Waals surface area contributed by atoms with Gasteiger partial charge in [-0.2, -0.15) is 0 Å². The van der Waals surface area contributed by atoms with E-state index in [2.05, 4.69) is 50.1 Å². The molecule has 1 heterocycles. The fourth-order valence-electron chi connectivity index (χ4n) is 4.64. The summed E-state index contributed by atoms with van der Waals surface area (Å²) in [5.74, 6) is 1.42. The molecule has 1 saturated heterocycles. The second kappa shape index (κ2) is 6.33. The molecule has 3 atom stereocenters. The standard InChI is InChI=1S/C20H32N2/c1-20(2)10-4-5-18(12-20)16-6-8-17(9-7-16)19-11-15(13-21)14-22(19)3/h6-9,15,18-19H,4-5,10-14,21H2,1-3H3. The van der Waals surface area contributed by atoms with Crippen molar-refractivity contribution in [3.63, 3.8) is 0 Å². The van der Waals surface area contributed by atoms with Crippen LogP contribution in [0, 0.1) is 11.3 Å². The summed E-state index contributed by atoms with van der Waals surface area (Å²) in [7, 11) is 2.23. The molecular weight excluding hydrogens is 268 g/mol. The molecule has 1 aliphatic heterocycles. The number of hydrogen-bond acceptors (Lipinski definition) is 2. The molecule has 1 aromatic rings. The zero-order chi connectivity index (χ0) is 15.7. The molecular formula is C20H32N2. The van der Waals surface area contributed by atoms with Gasteiger partial charge in [-0.15, -0.1) is 0 Å². The van der Waals surface area contributed by atoms with Gasteiger partial charge in [-0.3, -0.25) is 4.90 Å². The van der Waals surface area contributed by atoms with Gasteiger partial charge in [0.1, 0.15) is 0 Å². The van der Waals surface area contributed by atoms with E-state index in [-0.39, 0.29) is 0 Å². The van der Waals surface area contributed by atoms with Crippen LogP contribution in [0.4, 0.5) is 0 Å². The van der Waals surface area contributed by atoms with Crippen LogP contribution >= 0.6 is 0 Å². The van der Waals surface area contributed by atoms with Gasteiger partial charge in [-0.1, -0.05) is 44.5 Å². The molecule has 1 aliphatic carbocycles. The van der Waals surface area contributed by atoms with Crippen LogP contribution in [-0.4, -0.2) is 25.0 Å². The molecule has 2 heteroatoms. The predicted molar refractivity (Wildman–Crippen MR) is 94.0 cm³/mol. The molecule has 1 saturated carbocycles. The van der Waals surface area contributed by atoms with E-state index in [4.69, 9.17) is 5.73 Å². The van der Waals surface area contributed by atoms with E-state index < -0.39 is 0 Å². The topological polar surface area (TPSA) is 29.3 Å². The van der Waals surface area contributed by atoms with Crippen LogP contribution in [0.15, 0.2) is 24.3 Å². The largest absolute Gasteiger partial charge is 0.330 e. The summed E-state index contributed by atoms with van der Waals surface area (Å²) >= 11 is 0. The molecule has 1 aromatic carbocycles. The van der Waals surface area contributed by atoms with Gasteiger partial charge in [-0.25, -0.2) is 0 Å². The van der Waals surface area contributed by atoms with E-state index in [1.165, 1.54) is 37.7 Å². The lowest BCUT2D eigenvalue weighted by molar-refractivity contribution is 0.219. The van der Waals surface area contributed by atoms with Crippen LogP contribution in [0.2, 0.25) is 0 Å². The highest BCUT2D eigenvalue weighted by atomic mass is 15.2. The maximum absolute atomic E-state index is 5.86. The summed E-state index contributed by atoms with van der Waals surface area (Å²) in [6, 6.07) is 10.1. The third-order valence-electron chi connectivity index (χ3n) is 5.97. The summed E-state index contributed by atoms with van der Waals surface area (Å²) in [6.07, 6.45) is 6.67. The number of benzene rings is 1. The fraction of sp³-hybridized carbons (Fsp3) is 0.700. The van der Waals surface area contributed by atoms with Gasteiger partial charge < -0.3 is 5.73 Å². The smallest absolute Gasteiger partial charge is 0.0348 e. The number of nitrogens with two attached hydrogens (primary N) is 1. The molecule has 2 aliphatic rings. The Morgan fingerprint density at radius 1 is 1.18 bits per heavy atom. The Labute approximate surface area is 136 Å². The molecule has 3 rings (SSSR count). The Morgan fingerprint density at radius 3 is 2.45 bits per heavy atom. The lowest BCUT2D eigenvalue weighted by atomic mass is 9.70.